The van der Waals surface area contributed by atoms with Gasteiger partial charge in [0.25, 0.3) is 0 Å². The number of hydrogen-bond acceptors (Lipinski definition) is 3. The van der Waals surface area contributed by atoms with Crippen LogP contribution < -0.4 is 14.8 Å². The molecule has 8 heteroatoms. The van der Waals surface area contributed by atoms with Crippen LogP contribution in [0.25, 0.3) is 0 Å². The molecule has 29 heavy (non-hydrogen) atoms. The number of nitrogens with one attached hydrogen (secondary N) is 1. The molecular weight excluding hydrogens is 520 g/mol. The largest absolute Gasteiger partial charge is 0.493 e. The highest BCUT2D eigenvalue weighted by molar-refractivity contribution is 9.10. The van der Waals surface area contributed by atoms with Crippen LogP contribution in [0.5, 0.6) is 11.5 Å². The maximum Gasteiger partial charge on any atom is 0.162 e. The predicted octanol–water partition coefficient (Wildman–Crippen LogP) is 8.26. The van der Waals surface area contributed by atoms with Gasteiger partial charge in [-0.05, 0) is 48.0 Å². The van der Waals surface area contributed by atoms with Gasteiger partial charge in [0, 0.05) is 32.3 Å². The molecule has 0 amide bonds. The molecule has 0 heterocycles. The van der Waals surface area contributed by atoms with Crippen LogP contribution in [0, 0.1) is 0 Å². The summed E-state index contributed by atoms with van der Waals surface area (Å²) >= 11 is 27.8. The van der Waals surface area contributed by atoms with Gasteiger partial charge in [-0.1, -0.05) is 68.4 Å². The Bertz CT molecular complexity index is 1030. The van der Waals surface area contributed by atoms with Crippen molar-refractivity contribution in [2.24, 2.45) is 0 Å². The molecule has 3 aromatic carbocycles. The topological polar surface area (TPSA) is 30.5 Å². The molecular formula is C21H16BrCl4NO2. The molecule has 0 spiro atoms. The summed E-state index contributed by atoms with van der Waals surface area (Å²) in [6.07, 6.45) is 0. The zero-order valence-corrected chi connectivity index (χ0v) is 19.8. The first-order valence-corrected chi connectivity index (χ1v) is 10.8. The minimum atomic E-state index is 0.291. The monoisotopic (exact) mass is 533 g/mol. The molecule has 1 N–H and O–H groups in total. The Labute approximate surface area is 197 Å². The van der Waals surface area contributed by atoms with Gasteiger partial charge in [-0.25, -0.2) is 0 Å². The third-order valence-electron chi connectivity index (χ3n) is 4.13. The van der Waals surface area contributed by atoms with E-state index < -0.39 is 0 Å². The fourth-order valence-electron chi connectivity index (χ4n) is 2.58. The van der Waals surface area contributed by atoms with Gasteiger partial charge in [-0.15, -0.1) is 0 Å². The third kappa shape index (κ3) is 5.87. The summed E-state index contributed by atoms with van der Waals surface area (Å²) in [4.78, 5) is 0. The van der Waals surface area contributed by atoms with Crippen LogP contribution in [0.2, 0.25) is 20.1 Å². The van der Waals surface area contributed by atoms with Crippen LogP contribution in [-0.2, 0) is 13.2 Å². The van der Waals surface area contributed by atoms with Gasteiger partial charge in [0.2, 0.25) is 0 Å². The van der Waals surface area contributed by atoms with E-state index in [4.69, 9.17) is 55.9 Å². The number of methoxy groups -OCH3 is 1. The first kappa shape index (κ1) is 22.4. The lowest BCUT2D eigenvalue weighted by Gasteiger charge is -2.15. The maximum atomic E-state index is 6.22. The van der Waals surface area contributed by atoms with E-state index >= 15 is 0 Å². The second kappa shape index (κ2) is 10.1. The third-order valence-corrected chi connectivity index (χ3v) is 6.20. The van der Waals surface area contributed by atoms with Crippen molar-refractivity contribution in [1.82, 2.24) is 0 Å². The lowest BCUT2D eigenvalue weighted by Crippen LogP contribution is -2.03. The Morgan fingerprint density at radius 1 is 0.828 bits per heavy atom. The van der Waals surface area contributed by atoms with Gasteiger partial charge in [0.05, 0.1) is 17.2 Å². The van der Waals surface area contributed by atoms with Gasteiger partial charge in [-0.3, -0.25) is 0 Å². The maximum absolute atomic E-state index is 6.22. The van der Waals surface area contributed by atoms with Gasteiger partial charge >= 0.3 is 0 Å². The van der Waals surface area contributed by atoms with Crippen LogP contribution in [0.1, 0.15) is 11.1 Å². The van der Waals surface area contributed by atoms with Crippen LogP contribution >= 0.6 is 62.3 Å². The lowest BCUT2D eigenvalue weighted by molar-refractivity contribution is 0.284. The van der Waals surface area contributed by atoms with Crippen molar-refractivity contribution >= 4 is 68.0 Å². The Kier molecular flexibility index (Phi) is 7.83. The molecule has 3 rings (SSSR count). The van der Waals surface area contributed by atoms with E-state index in [1.807, 2.05) is 24.3 Å². The minimum Gasteiger partial charge on any atom is -0.493 e. The number of anilines is 1. The summed E-state index contributed by atoms with van der Waals surface area (Å²) in [6, 6.07) is 14.5. The van der Waals surface area contributed by atoms with Gasteiger partial charge in [-0.2, -0.15) is 0 Å². The summed E-state index contributed by atoms with van der Waals surface area (Å²) in [5.41, 5.74) is 2.69. The average Bonchev–Trinajstić information content (AvgIpc) is 2.69. The molecule has 0 aromatic heterocycles. The van der Waals surface area contributed by atoms with Crippen molar-refractivity contribution < 1.29 is 9.47 Å². The van der Waals surface area contributed by atoms with E-state index in [9.17, 15) is 0 Å². The molecule has 0 aliphatic rings. The summed E-state index contributed by atoms with van der Waals surface area (Å²) in [6.45, 7) is 0.845. The van der Waals surface area contributed by atoms with E-state index in [0.717, 1.165) is 21.3 Å². The first-order chi connectivity index (χ1) is 13.9. The zero-order valence-electron chi connectivity index (χ0n) is 15.2. The van der Waals surface area contributed by atoms with Crippen molar-refractivity contribution in [1.29, 1.82) is 0 Å². The molecule has 0 saturated heterocycles. The van der Waals surface area contributed by atoms with Gasteiger partial charge in [0.15, 0.2) is 11.5 Å². The molecule has 0 aliphatic heterocycles. The number of rotatable bonds is 7. The standard InChI is InChI=1S/C21H16BrCl4NO2/c1-28-20-6-13(10-27-15-4-5-17(24)19(26)8-15)16(22)9-21(20)29-11-12-2-3-14(23)7-18(12)25/h2-9,27H,10-11H2,1H3. The van der Waals surface area contributed by atoms with Gasteiger partial charge in [0.1, 0.15) is 6.61 Å². The van der Waals surface area contributed by atoms with Crippen LogP contribution in [-0.4, -0.2) is 7.11 Å². The fourth-order valence-corrected chi connectivity index (χ4v) is 3.81. The Hall–Kier alpha value is -1.30. The lowest BCUT2D eigenvalue weighted by atomic mass is 10.2. The second-order valence-electron chi connectivity index (χ2n) is 6.10. The van der Waals surface area contributed by atoms with E-state index in [0.29, 0.717) is 44.7 Å². The Morgan fingerprint density at radius 3 is 2.31 bits per heavy atom. The van der Waals surface area contributed by atoms with E-state index in [-0.39, 0.29) is 0 Å². The molecule has 0 fully saturated rings. The molecule has 0 aliphatic carbocycles. The summed E-state index contributed by atoms with van der Waals surface area (Å²) in [5.74, 6) is 1.22. The summed E-state index contributed by atoms with van der Waals surface area (Å²) < 4.78 is 12.3. The van der Waals surface area contributed by atoms with E-state index in [1.165, 1.54) is 0 Å². The predicted molar refractivity (Wildman–Crippen MR) is 125 cm³/mol. The number of benzene rings is 3. The van der Waals surface area contributed by atoms with Crippen LogP contribution in [0.15, 0.2) is 53.0 Å². The molecule has 0 saturated carbocycles. The summed E-state index contributed by atoms with van der Waals surface area (Å²) in [7, 11) is 1.60. The van der Waals surface area contributed by atoms with Gasteiger partial charge < -0.3 is 14.8 Å². The molecule has 152 valence electrons. The zero-order chi connectivity index (χ0) is 21.0. The van der Waals surface area contributed by atoms with E-state index in [2.05, 4.69) is 21.2 Å². The quantitative estimate of drug-likeness (QED) is 0.330. The Balaban J connectivity index is 1.73. The average molecular weight is 536 g/mol. The van der Waals surface area contributed by atoms with Crippen molar-refractivity contribution in [2.45, 2.75) is 13.2 Å². The van der Waals surface area contributed by atoms with E-state index in [1.54, 1.807) is 31.4 Å². The molecule has 0 unspecified atom stereocenters. The number of halogens is 5. The smallest absolute Gasteiger partial charge is 0.162 e. The Morgan fingerprint density at radius 2 is 1.62 bits per heavy atom. The normalized spacial score (nSPS) is 10.7. The van der Waals surface area contributed by atoms with Crippen LogP contribution in [0.4, 0.5) is 5.69 Å². The highest BCUT2D eigenvalue weighted by Gasteiger charge is 2.12. The molecule has 0 radical (unpaired) electrons. The van der Waals surface area contributed by atoms with Crippen molar-refractivity contribution in [3.63, 3.8) is 0 Å². The fraction of sp³-hybridized carbons (Fsp3) is 0.143. The molecule has 0 bridgehead atoms. The molecule has 3 aromatic rings. The van der Waals surface area contributed by atoms with Crippen molar-refractivity contribution in [2.75, 3.05) is 12.4 Å². The SMILES string of the molecule is COc1cc(CNc2ccc(Cl)c(Cl)c2)c(Br)cc1OCc1ccc(Cl)cc1Cl. The summed E-state index contributed by atoms with van der Waals surface area (Å²) in [5, 5.41) is 5.46. The number of hydrogen-bond donors (Lipinski definition) is 1. The second-order valence-corrected chi connectivity index (χ2v) is 8.61. The first-order valence-electron chi connectivity index (χ1n) is 8.49. The highest BCUT2D eigenvalue weighted by Crippen LogP contribution is 2.35. The number of ether oxygens (including phenoxy) is 2. The van der Waals surface area contributed by atoms with Crippen molar-refractivity contribution in [3.8, 4) is 11.5 Å². The van der Waals surface area contributed by atoms with Crippen LogP contribution in [0.3, 0.4) is 0 Å². The minimum absolute atomic E-state index is 0.291. The molecule has 3 nitrogen and oxygen atoms in total. The molecule has 0 atom stereocenters. The van der Waals surface area contributed by atoms with Crippen molar-refractivity contribution in [3.05, 3.63) is 84.2 Å². The highest BCUT2D eigenvalue weighted by atomic mass is 79.9.